The summed E-state index contributed by atoms with van der Waals surface area (Å²) in [5.74, 6) is -1.29. The highest BCUT2D eigenvalue weighted by molar-refractivity contribution is 7.90. The zero-order chi connectivity index (χ0) is 36.6. The van der Waals surface area contributed by atoms with E-state index in [4.69, 9.17) is 4.74 Å². The fourth-order valence-electron chi connectivity index (χ4n) is 5.36. The molecule has 0 bridgehead atoms. The molecule has 0 aliphatic rings. The molecule has 10 nitrogen and oxygen atoms in total. The van der Waals surface area contributed by atoms with Crippen molar-refractivity contribution in [1.82, 2.24) is 20.3 Å². The van der Waals surface area contributed by atoms with Crippen LogP contribution in [0.3, 0.4) is 0 Å². The molecular weight excluding hydrogens is 649 g/mol. The van der Waals surface area contributed by atoms with Crippen molar-refractivity contribution < 1.29 is 27.5 Å². The molecule has 0 aromatic heterocycles. The van der Waals surface area contributed by atoms with Gasteiger partial charge in [-0.25, -0.2) is 13.1 Å². The lowest BCUT2D eigenvalue weighted by atomic mass is 9.76. The summed E-state index contributed by atoms with van der Waals surface area (Å²) < 4.78 is 33.6. The molecule has 266 valence electrons. The van der Waals surface area contributed by atoms with Crippen molar-refractivity contribution in [3.05, 3.63) is 71.4 Å². The van der Waals surface area contributed by atoms with Crippen LogP contribution in [0.15, 0.2) is 65.2 Å². The van der Waals surface area contributed by atoms with E-state index in [1.807, 2.05) is 79.7 Å². The maximum absolute atomic E-state index is 14.2. The lowest BCUT2D eigenvalue weighted by molar-refractivity contribution is -0.138. The van der Waals surface area contributed by atoms with Crippen LogP contribution < -0.4 is 20.1 Å². The number of aryl methyl sites for hydroxylation is 1. The standard InChI is InChI=1S/C36H54N4O6S2/c1-23(2)29(21-25(4)32(41)39-48(44,45)28-17-15-24(3)16-18-28)40(11)34(43)31(35(5,6)7)38-33(42)30(37-10)36(8,9)26-13-12-14-27(22-26)46-19-20-47/h12-18,21-23,25,30-31,37,47H,19-20H2,1-11H3,(H,38,42)(H,39,41)/b29-21+/t25?,30-,31-/m1/s1. The van der Waals surface area contributed by atoms with Gasteiger partial charge in [0, 0.05) is 23.9 Å². The van der Waals surface area contributed by atoms with Crippen LogP contribution in [0.5, 0.6) is 5.75 Å². The average Bonchev–Trinajstić information content (AvgIpc) is 3.00. The first-order valence-electron chi connectivity index (χ1n) is 16.1. The Morgan fingerprint density at radius 3 is 2.08 bits per heavy atom. The number of thiol groups is 1. The summed E-state index contributed by atoms with van der Waals surface area (Å²) in [6, 6.07) is 12.1. The van der Waals surface area contributed by atoms with Gasteiger partial charge in [-0.2, -0.15) is 12.6 Å². The van der Waals surface area contributed by atoms with Crippen molar-refractivity contribution in [3.63, 3.8) is 0 Å². The fourth-order valence-corrected chi connectivity index (χ4v) is 6.51. The van der Waals surface area contributed by atoms with Crippen molar-refractivity contribution in [2.24, 2.45) is 17.3 Å². The molecular formula is C36H54N4O6S2. The Labute approximate surface area is 292 Å². The first-order chi connectivity index (χ1) is 22.2. The molecule has 48 heavy (non-hydrogen) atoms. The van der Waals surface area contributed by atoms with Gasteiger partial charge in [0.25, 0.3) is 10.0 Å². The largest absolute Gasteiger partial charge is 0.493 e. The molecule has 0 spiro atoms. The van der Waals surface area contributed by atoms with E-state index >= 15 is 0 Å². The van der Waals surface area contributed by atoms with Gasteiger partial charge in [-0.1, -0.05) is 84.4 Å². The third kappa shape index (κ3) is 10.6. The Morgan fingerprint density at radius 2 is 1.56 bits per heavy atom. The van der Waals surface area contributed by atoms with Crippen LogP contribution in [-0.4, -0.2) is 69.6 Å². The number of likely N-dealkylation sites (N-methyl/N-ethyl adjacent to an activating group) is 2. The molecule has 3 N–H and O–H groups in total. The molecule has 3 amide bonds. The highest BCUT2D eigenvalue weighted by Crippen LogP contribution is 2.31. The van der Waals surface area contributed by atoms with Gasteiger partial charge in [0.05, 0.1) is 23.5 Å². The number of rotatable bonds is 15. The predicted octanol–water partition coefficient (Wildman–Crippen LogP) is 4.84. The molecule has 2 aromatic rings. The van der Waals surface area contributed by atoms with Gasteiger partial charge in [-0.05, 0) is 62.1 Å². The van der Waals surface area contributed by atoms with E-state index < -0.39 is 44.8 Å². The summed E-state index contributed by atoms with van der Waals surface area (Å²) in [5.41, 5.74) is 0.910. The number of carbonyl (C=O) groups excluding carboxylic acids is 3. The van der Waals surface area contributed by atoms with E-state index in [2.05, 4.69) is 28.0 Å². The van der Waals surface area contributed by atoms with Crippen LogP contribution in [-0.2, 0) is 29.8 Å². The molecule has 0 radical (unpaired) electrons. The predicted molar refractivity (Wildman–Crippen MR) is 194 cm³/mol. The highest BCUT2D eigenvalue weighted by atomic mass is 32.2. The maximum Gasteiger partial charge on any atom is 0.264 e. The fraction of sp³-hybridized carbons (Fsp3) is 0.528. The smallest absolute Gasteiger partial charge is 0.264 e. The second-order valence-corrected chi connectivity index (χ2v) is 16.2. The first kappa shape index (κ1) is 40.8. The second kappa shape index (κ2) is 16.8. The number of ether oxygens (including phenoxy) is 1. The summed E-state index contributed by atoms with van der Waals surface area (Å²) in [6.45, 7) is 17.1. The molecule has 0 fully saturated rings. The second-order valence-electron chi connectivity index (χ2n) is 14.1. The van der Waals surface area contributed by atoms with Gasteiger partial charge in [0.2, 0.25) is 17.7 Å². The third-order valence-electron chi connectivity index (χ3n) is 8.32. The Morgan fingerprint density at radius 1 is 0.958 bits per heavy atom. The van der Waals surface area contributed by atoms with Gasteiger partial charge in [0.15, 0.2) is 0 Å². The topological polar surface area (TPSA) is 134 Å². The summed E-state index contributed by atoms with van der Waals surface area (Å²) >= 11 is 4.21. The van der Waals surface area contributed by atoms with Crippen LogP contribution in [0.2, 0.25) is 0 Å². The maximum atomic E-state index is 14.2. The summed E-state index contributed by atoms with van der Waals surface area (Å²) in [7, 11) is -0.776. The molecule has 0 saturated carbocycles. The average molecular weight is 703 g/mol. The van der Waals surface area contributed by atoms with Gasteiger partial charge in [-0.3, -0.25) is 14.4 Å². The van der Waals surface area contributed by atoms with Crippen LogP contribution in [0.4, 0.5) is 0 Å². The third-order valence-corrected chi connectivity index (χ3v) is 9.87. The SMILES string of the molecule is CN[C@H](C(=O)N[C@H](C(=O)N(C)/C(=C/C(C)C(=O)NS(=O)(=O)c1ccc(C)cc1)C(C)C)C(C)(C)C)C(C)(C)c1cccc(OCCS)c1. The number of hydrogen-bond acceptors (Lipinski definition) is 8. The zero-order valence-electron chi connectivity index (χ0n) is 30.2. The molecule has 2 rings (SSSR count). The quantitative estimate of drug-likeness (QED) is 0.195. The van der Waals surface area contributed by atoms with Gasteiger partial charge < -0.3 is 20.3 Å². The number of nitrogens with one attached hydrogen (secondary N) is 3. The minimum atomic E-state index is -4.08. The molecule has 0 saturated heterocycles. The van der Waals surface area contributed by atoms with E-state index in [0.717, 1.165) is 11.1 Å². The summed E-state index contributed by atoms with van der Waals surface area (Å²) in [6.07, 6.45) is 1.59. The van der Waals surface area contributed by atoms with Crippen LogP contribution in [0.25, 0.3) is 0 Å². The lowest BCUT2D eigenvalue weighted by Crippen LogP contribution is -2.60. The highest BCUT2D eigenvalue weighted by Gasteiger charge is 2.41. The molecule has 0 aliphatic carbocycles. The summed E-state index contributed by atoms with van der Waals surface area (Å²) in [4.78, 5) is 42.6. The van der Waals surface area contributed by atoms with Crippen molar-refractivity contribution in [2.75, 3.05) is 26.5 Å². The molecule has 3 atom stereocenters. The monoisotopic (exact) mass is 702 g/mol. The number of nitrogens with zero attached hydrogens (tertiary/aromatic N) is 1. The van der Waals surface area contributed by atoms with Gasteiger partial charge in [-0.15, -0.1) is 0 Å². The van der Waals surface area contributed by atoms with Crippen molar-refractivity contribution in [3.8, 4) is 5.75 Å². The van der Waals surface area contributed by atoms with E-state index in [9.17, 15) is 22.8 Å². The summed E-state index contributed by atoms with van der Waals surface area (Å²) in [5, 5.41) is 6.16. The minimum absolute atomic E-state index is 0.0182. The molecule has 12 heteroatoms. The Kier molecular flexibility index (Phi) is 14.3. The Balaban J connectivity index is 2.34. The van der Waals surface area contributed by atoms with E-state index in [1.165, 1.54) is 17.0 Å². The first-order valence-corrected chi connectivity index (χ1v) is 18.2. The molecule has 0 heterocycles. The lowest BCUT2D eigenvalue weighted by Gasteiger charge is -2.39. The van der Waals surface area contributed by atoms with Crippen molar-refractivity contribution in [1.29, 1.82) is 0 Å². The molecule has 0 aliphatic heterocycles. The number of amides is 3. The minimum Gasteiger partial charge on any atom is -0.493 e. The molecule has 2 aromatic carbocycles. The van der Waals surface area contributed by atoms with Crippen LogP contribution in [0, 0.1) is 24.2 Å². The van der Waals surface area contributed by atoms with Crippen LogP contribution >= 0.6 is 12.6 Å². The van der Waals surface area contributed by atoms with Crippen molar-refractivity contribution in [2.45, 2.75) is 84.7 Å². The number of sulfonamides is 1. The van der Waals surface area contributed by atoms with Gasteiger partial charge >= 0.3 is 0 Å². The normalized spacial score (nSPS) is 14.6. The van der Waals surface area contributed by atoms with Crippen LogP contribution in [0.1, 0.15) is 66.5 Å². The Bertz CT molecular complexity index is 1560. The van der Waals surface area contributed by atoms with E-state index in [1.54, 1.807) is 39.2 Å². The zero-order valence-corrected chi connectivity index (χ0v) is 31.9. The number of allylic oxidation sites excluding steroid dienone is 1. The van der Waals surface area contributed by atoms with E-state index in [0.29, 0.717) is 23.8 Å². The number of benzene rings is 2. The van der Waals surface area contributed by atoms with Crippen molar-refractivity contribution >= 4 is 40.4 Å². The number of hydrogen-bond donors (Lipinski definition) is 4. The van der Waals surface area contributed by atoms with E-state index in [-0.39, 0.29) is 22.6 Å². The van der Waals surface area contributed by atoms with Gasteiger partial charge in [0.1, 0.15) is 11.8 Å². The molecule has 1 unspecified atom stereocenters. The Hall–Kier alpha value is -3.35. The number of carbonyl (C=O) groups is 3.